The topological polar surface area (TPSA) is 93.4 Å². The van der Waals surface area contributed by atoms with Gasteiger partial charge in [0.25, 0.3) is 0 Å². The highest BCUT2D eigenvalue weighted by Gasteiger charge is 2.30. The van der Waals surface area contributed by atoms with Gasteiger partial charge in [0, 0.05) is 13.1 Å². The van der Waals surface area contributed by atoms with Crippen LogP contribution in [0.2, 0.25) is 0 Å². The average molecular weight is 227 g/mol. The van der Waals surface area contributed by atoms with E-state index in [-0.39, 0.29) is 6.42 Å². The van der Waals surface area contributed by atoms with Gasteiger partial charge in [-0.2, -0.15) is 5.26 Å². The highest BCUT2D eigenvalue weighted by atomic mass is 16.4. The minimum absolute atomic E-state index is 0.231. The molecule has 0 atom stereocenters. The van der Waals surface area contributed by atoms with Crippen molar-refractivity contribution in [3.8, 4) is 6.07 Å². The number of amides is 2. The summed E-state index contributed by atoms with van der Waals surface area (Å²) in [6.07, 6.45) is 0.231. The molecule has 0 aliphatic rings. The fourth-order valence-corrected chi connectivity index (χ4v) is 0.988. The lowest BCUT2D eigenvalue weighted by atomic mass is 10.1. The van der Waals surface area contributed by atoms with Crippen molar-refractivity contribution in [3.05, 3.63) is 0 Å². The van der Waals surface area contributed by atoms with Gasteiger partial charge < -0.3 is 15.3 Å². The van der Waals surface area contributed by atoms with Crippen LogP contribution in [-0.2, 0) is 4.79 Å². The molecule has 2 amide bonds. The fraction of sp³-hybridized carbons (Fsp3) is 0.700. The first-order valence-electron chi connectivity index (χ1n) is 5.02. The number of carbonyl (C=O) groups excluding carboxylic acids is 1. The molecule has 0 heterocycles. The Morgan fingerprint density at radius 3 is 2.44 bits per heavy atom. The molecular formula is C10H17N3O3. The molecule has 0 aliphatic heterocycles. The SMILES string of the molecule is CCN(CCC#N)C(=O)NC(C)(C)C(=O)O. The quantitative estimate of drug-likeness (QED) is 0.726. The number of hydrogen-bond donors (Lipinski definition) is 2. The van der Waals surface area contributed by atoms with Crippen molar-refractivity contribution in [1.82, 2.24) is 10.2 Å². The number of carbonyl (C=O) groups is 2. The van der Waals surface area contributed by atoms with Gasteiger partial charge in [-0.15, -0.1) is 0 Å². The number of aliphatic carboxylic acids is 1. The summed E-state index contributed by atoms with van der Waals surface area (Å²) >= 11 is 0. The maximum absolute atomic E-state index is 11.6. The molecule has 2 N–H and O–H groups in total. The Morgan fingerprint density at radius 2 is 2.06 bits per heavy atom. The molecule has 0 radical (unpaired) electrons. The minimum atomic E-state index is -1.31. The molecule has 0 saturated carbocycles. The number of hydrogen-bond acceptors (Lipinski definition) is 3. The van der Waals surface area contributed by atoms with Crippen LogP contribution in [0.4, 0.5) is 4.79 Å². The lowest BCUT2D eigenvalue weighted by molar-refractivity contribution is -0.143. The second-order valence-electron chi connectivity index (χ2n) is 3.85. The standard InChI is InChI=1S/C10H17N3O3/c1-4-13(7-5-6-11)9(16)12-10(2,3)8(14)15/h4-5,7H2,1-3H3,(H,12,16)(H,14,15). The van der Waals surface area contributed by atoms with Crippen LogP contribution in [0.5, 0.6) is 0 Å². The zero-order chi connectivity index (χ0) is 12.8. The molecule has 0 bridgehead atoms. The van der Waals surface area contributed by atoms with E-state index in [1.54, 1.807) is 6.92 Å². The number of nitrogens with zero attached hydrogens (tertiary/aromatic N) is 2. The number of carboxylic acid groups (broad SMARTS) is 1. The maximum Gasteiger partial charge on any atom is 0.328 e. The van der Waals surface area contributed by atoms with Gasteiger partial charge in [-0.25, -0.2) is 9.59 Å². The molecule has 0 fully saturated rings. The van der Waals surface area contributed by atoms with Gasteiger partial charge in [0.05, 0.1) is 12.5 Å². The first-order valence-corrected chi connectivity index (χ1v) is 5.02. The van der Waals surface area contributed by atoms with Crippen LogP contribution in [0.1, 0.15) is 27.2 Å². The van der Waals surface area contributed by atoms with E-state index in [4.69, 9.17) is 10.4 Å². The zero-order valence-corrected chi connectivity index (χ0v) is 9.78. The Morgan fingerprint density at radius 1 is 1.50 bits per heavy atom. The molecule has 6 heteroatoms. The third kappa shape index (κ3) is 4.17. The molecule has 16 heavy (non-hydrogen) atoms. The van der Waals surface area contributed by atoms with Gasteiger partial charge >= 0.3 is 12.0 Å². The molecular weight excluding hydrogens is 210 g/mol. The van der Waals surface area contributed by atoms with Crippen LogP contribution in [-0.4, -0.2) is 40.6 Å². The van der Waals surface area contributed by atoms with Gasteiger partial charge in [0.15, 0.2) is 0 Å². The van der Waals surface area contributed by atoms with Crippen molar-refractivity contribution in [3.63, 3.8) is 0 Å². The van der Waals surface area contributed by atoms with Crippen molar-refractivity contribution in [2.24, 2.45) is 0 Å². The van der Waals surface area contributed by atoms with E-state index in [1.807, 2.05) is 6.07 Å². The van der Waals surface area contributed by atoms with E-state index >= 15 is 0 Å². The van der Waals surface area contributed by atoms with E-state index in [1.165, 1.54) is 18.7 Å². The Balaban J connectivity index is 4.43. The summed E-state index contributed by atoms with van der Waals surface area (Å²) in [6, 6.07) is 1.47. The summed E-state index contributed by atoms with van der Waals surface area (Å²) in [5, 5.41) is 19.6. The summed E-state index contributed by atoms with van der Waals surface area (Å²) in [5.74, 6) is -1.10. The van der Waals surface area contributed by atoms with Crippen molar-refractivity contribution < 1.29 is 14.7 Å². The van der Waals surface area contributed by atoms with Crippen LogP contribution in [0.15, 0.2) is 0 Å². The summed E-state index contributed by atoms with van der Waals surface area (Å²) < 4.78 is 0. The minimum Gasteiger partial charge on any atom is -0.480 e. The Labute approximate surface area is 94.8 Å². The number of urea groups is 1. The van der Waals surface area contributed by atoms with Crippen LogP contribution < -0.4 is 5.32 Å². The molecule has 0 spiro atoms. The maximum atomic E-state index is 11.6. The normalized spacial score (nSPS) is 10.4. The predicted octanol–water partition coefficient (Wildman–Crippen LogP) is 0.795. The van der Waals surface area contributed by atoms with Gasteiger partial charge in [-0.05, 0) is 20.8 Å². The molecule has 0 rings (SSSR count). The number of nitrogens with one attached hydrogen (secondary N) is 1. The summed E-state index contributed by atoms with van der Waals surface area (Å²) in [5.41, 5.74) is -1.31. The van der Waals surface area contributed by atoms with Crippen molar-refractivity contribution in [2.75, 3.05) is 13.1 Å². The first kappa shape index (κ1) is 14.2. The van der Waals surface area contributed by atoms with E-state index in [0.29, 0.717) is 13.1 Å². The molecule has 0 saturated heterocycles. The van der Waals surface area contributed by atoms with Crippen molar-refractivity contribution in [2.45, 2.75) is 32.7 Å². The van der Waals surface area contributed by atoms with Crippen molar-refractivity contribution in [1.29, 1.82) is 5.26 Å². The summed E-state index contributed by atoms with van der Waals surface area (Å²) in [4.78, 5) is 23.8. The molecule has 6 nitrogen and oxygen atoms in total. The van der Waals surface area contributed by atoms with Gasteiger partial charge in [-0.1, -0.05) is 0 Å². The monoisotopic (exact) mass is 227 g/mol. The molecule has 0 aromatic rings. The lowest BCUT2D eigenvalue weighted by Crippen LogP contribution is -2.54. The first-order chi connectivity index (χ1) is 7.35. The van der Waals surface area contributed by atoms with Crippen LogP contribution in [0.3, 0.4) is 0 Å². The molecule has 0 unspecified atom stereocenters. The summed E-state index contributed by atoms with van der Waals surface area (Å²) in [7, 11) is 0. The van der Waals surface area contributed by atoms with Crippen molar-refractivity contribution >= 4 is 12.0 Å². The highest BCUT2D eigenvalue weighted by molar-refractivity contribution is 5.85. The van der Waals surface area contributed by atoms with E-state index in [2.05, 4.69) is 5.32 Å². The molecule has 0 aliphatic carbocycles. The van der Waals surface area contributed by atoms with E-state index < -0.39 is 17.5 Å². The Hall–Kier alpha value is -1.77. The second-order valence-corrected chi connectivity index (χ2v) is 3.85. The third-order valence-electron chi connectivity index (χ3n) is 2.12. The predicted molar refractivity (Wildman–Crippen MR) is 57.7 cm³/mol. The van der Waals surface area contributed by atoms with Crippen LogP contribution in [0, 0.1) is 11.3 Å². The highest BCUT2D eigenvalue weighted by Crippen LogP contribution is 2.03. The van der Waals surface area contributed by atoms with E-state index in [0.717, 1.165) is 0 Å². The third-order valence-corrected chi connectivity index (χ3v) is 2.12. The zero-order valence-electron chi connectivity index (χ0n) is 9.78. The number of nitriles is 1. The largest absolute Gasteiger partial charge is 0.480 e. The number of carboxylic acids is 1. The Bertz CT molecular complexity index is 307. The van der Waals surface area contributed by atoms with Crippen LogP contribution in [0.25, 0.3) is 0 Å². The second kappa shape index (κ2) is 5.95. The fourth-order valence-electron chi connectivity index (χ4n) is 0.988. The lowest BCUT2D eigenvalue weighted by Gasteiger charge is -2.26. The Kier molecular flexibility index (Phi) is 5.30. The molecule has 90 valence electrons. The van der Waals surface area contributed by atoms with Gasteiger partial charge in [-0.3, -0.25) is 0 Å². The summed E-state index contributed by atoms with van der Waals surface area (Å²) in [6.45, 7) is 5.32. The number of rotatable bonds is 5. The smallest absolute Gasteiger partial charge is 0.328 e. The van der Waals surface area contributed by atoms with E-state index in [9.17, 15) is 9.59 Å². The van der Waals surface area contributed by atoms with Crippen LogP contribution >= 0.6 is 0 Å². The average Bonchev–Trinajstić information content (AvgIpc) is 2.18. The molecule has 0 aromatic carbocycles. The molecule has 0 aromatic heterocycles. The van der Waals surface area contributed by atoms with Gasteiger partial charge in [0.1, 0.15) is 5.54 Å². The van der Waals surface area contributed by atoms with Gasteiger partial charge in [0.2, 0.25) is 0 Å².